The van der Waals surface area contributed by atoms with Crippen LogP contribution in [0.15, 0.2) is 24.3 Å². The van der Waals surface area contributed by atoms with Crippen molar-refractivity contribution in [3.05, 3.63) is 35.6 Å². The Balaban J connectivity index is 2.42. The van der Waals surface area contributed by atoms with Crippen LogP contribution in [-0.4, -0.2) is 22.4 Å². The molecule has 96 valence electrons. The lowest BCUT2D eigenvalue weighted by molar-refractivity contribution is 0.387. The van der Waals surface area contributed by atoms with Crippen molar-refractivity contribution in [3.63, 3.8) is 0 Å². The minimum atomic E-state index is -0.185. The predicted molar refractivity (Wildman–Crippen MR) is 71.9 cm³/mol. The van der Waals surface area contributed by atoms with Crippen LogP contribution in [0.5, 0.6) is 0 Å². The van der Waals surface area contributed by atoms with Gasteiger partial charge in [0.15, 0.2) is 0 Å². The standard InChI is InChI=1S/C13H20FNOS/c1-13(2,15-7-4-8-17-16)10-11-5-3-6-12(14)9-11/h3,5-6,9,15-16H,4,7-8,10H2,1-2H3. The maximum absolute atomic E-state index is 13.0. The molecule has 0 aliphatic carbocycles. The van der Waals surface area contributed by atoms with Crippen molar-refractivity contribution in [2.24, 2.45) is 0 Å². The molecule has 0 radical (unpaired) electrons. The molecule has 0 heterocycles. The van der Waals surface area contributed by atoms with E-state index < -0.39 is 0 Å². The van der Waals surface area contributed by atoms with Crippen LogP contribution in [0.4, 0.5) is 4.39 Å². The summed E-state index contributed by atoms with van der Waals surface area (Å²) in [5.41, 5.74) is 0.938. The summed E-state index contributed by atoms with van der Waals surface area (Å²) < 4.78 is 21.7. The molecule has 0 aromatic heterocycles. The van der Waals surface area contributed by atoms with Crippen LogP contribution in [0, 0.1) is 5.82 Å². The summed E-state index contributed by atoms with van der Waals surface area (Å²) in [6.07, 6.45) is 1.71. The SMILES string of the molecule is CC(C)(Cc1cccc(F)c1)NCCCSO. The third kappa shape index (κ3) is 6.05. The normalized spacial score (nSPS) is 11.8. The third-order valence-electron chi connectivity index (χ3n) is 2.55. The molecule has 0 aliphatic rings. The smallest absolute Gasteiger partial charge is 0.123 e. The Morgan fingerprint density at radius 1 is 1.41 bits per heavy atom. The predicted octanol–water partition coefficient (Wildman–Crippen LogP) is 3.33. The van der Waals surface area contributed by atoms with Crippen molar-refractivity contribution in [2.75, 3.05) is 12.3 Å². The molecule has 1 aromatic rings. The molecule has 0 atom stereocenters. The number of hydrogen-bond donors (Lipinski definition) is 2. The molecule has 1 rings (SSSR count). The van der Waals surface area contributed by atoms with Gasteiger partial charge in [-0.1, -0.05) is 12.1 Å². The summed E-state index contributed by atoms with van der Waals surface area (Å²) in [5, 5.41) is 3.41. The van der Waals surface area contributed by atoms with Gasteiger partial charge in [0.05, 0.1) is 0 Å². The first-order valence-corrected chi connectivity index (χ1v) is 6.73. The number of halogens is 1. The largest absolute Gasteiger partial charge is 0.330 e. The molecule has 0 saturated heterocycles. The third-order valence-corrected chi connectivity index (χ3v) is 3.02. The van der Waals surface area contributed by atoms with Gasteiger partial charge in [-0.15, -0.1) is 0 Å². The molecule has 0 fully saturated rings. The Morgan fingerprint density at radius 2 is 2.18 bits per heavy atom. The second kappa shape index (κ2) is 6.99. The minimum Gasteiger partial charge on any atom is -0.330 e. The van der Waals surface area contributed by atoms with E-state index in [-0.39, 0.29) is 11.4 Å². The van der Waals surface area contributed by atoms with E-state index in [9.17, 15) is 4.39 Å². The first kappa shape index (κ1) is 14.5. The van der Waals surface area contributed by atoms with Gasteiger partial charge in [0, 0.05) is 11.3 Å². The number of nitrogens with one attached hydrogen (secondary N) is 1. The average molecular weight is 257 g/mol. The molecule has 0 unspecified atom stereocenters. The van der Waals surface area contributed by atoms with Gasteiger partial charge in [-0.25, -0.2) is 4.39 Å². The lowest BCUT2D eigenvalue weighted by Gasteiger charge is -2.26. The van der Waals surface area contributed by atoms with Crippen LogP contribution in [-0.2, 0) is 6.42 Å². The summed E-state index contributed by atoms with van der Waals surface area (Å²) in [7, 11) is 0. The van der Waals surface area contributed by atoms with Gasteiger partial charge >= 0.3 is 0 Å². The van der Waals surface area contributed by atoms with Crippen molar-refractivity contribution in [3.8, 4) is 0 Å². The van der Waals surface area contributed by atoms with Gasteiger partial charge in [0.2, 0.25) is 0 Å². The topological polar surface area (TPSA) is 32.3 Å². The van der Waals surface area contributed by atoms with Crippen molar-refractivity contribution in [2.45, 2.75) is 32.2 Å². The van der Waals surface area contributed by atoms with Gasteiger partial charge in [-0.05, 0) is 63.0 Å². The monoisotopic (exact) mass is 257 g/mol. The Labute approximate surface area is 107 Å². The van der Waals surface area contributed by atoms with Crippen molar-refractivity contribution in [1.82, 2.24) is 5.32 Å². The highest BCUT2D eigenvalue weighted by Crippen LogP contribution is 2.13. The van der Waals surface area contributed by atoms with E-state index in [2.05, 4.69) is 19.2 Å². The molecular formula is C13H20FNOS. The maximum Gasteiger partial charge on any atom is 0.123 e. The summed E-state index contributed by atoms with van der Waals surface area (Å²) >= 11 is 0.869. The van der Waals surface area contributed by atoms with Gasteiger partial charge in [0.1, 0.15) is 5.82 Å². The molecule has 17 heavy (non-hydrogen) atoms. The summed E-state index contributed by atoms with van der Waals surface area (Å²) in [5.74, 6) is 0.554. The molecular weight excluding hydrogens is 237 g/mol. The lowest BCUT2D eigenvalue weighted by Crippen LogP contribution is -2.41. The lowest BCUT2D eigenvalue weighted by atomic mass is 9.95. The number of hydrogen-bond acceptors (Lipinski definition) is 3. The number of benzene rings is 1. The number of rotatable bonds is 7. The molecule has 2 N–H and O–H groups in total. The molecule has 0 aliphatic heterocycles. The van der Waals surface area contributed by atoms with Gasteiger partial charge in [0.25, 0.3) is 0 Å². The Hall–Kier alpha value is -0.580. The average Bonchev–Trinajstić information content (AvgIpc) is 2.24. The van der Waals surface area contributed by atoms with E-state index in [0.29, 0.717) is 0 Å². The fourth-order valence-electron chi connectivity index (χ4n) is 1.78. The first-order valence-electron chi connectivity index (χ1n) is 5.79. The van der Waals surface area contributed by atoms with Crippen molar-refractivity contribution in [1.29, 1.82) is 0 Å². The van der Waals surface area contributed by atoms with Crippen LogP contribution < -0.4 is 5.32 Å². The fraction of sp³-hybridized carbons (Fsp3) is 0.538. The first-order chi connectivity index (χ1) is 8.03. The van der Waals surface area contributed by atoms with E-state index in [4.69, 9.17) is 4.55 Å². The maximum atomic E-state index is 13.0. The van der Waals surface area contributed by atoms with Crippen LogP contribution in [0.2, 0.25) is 0 Å². The summed E-state index contributed by atoms with van der Waals surface area (Å²) in [6, 6.07) is 6.72. The van der Waals surface area contributed by atoms with E-state index in [1.165, 1.54) is 6.07 Å². The fourth-order valence-corrected chi connectivity index (χ4v) is 2.06. The summed E-state index contributed by atoms with van der Waals surface area (Å²) in [4.78, 5) is 0. The molecule has 1 aromatic carbocycles. The quantitative estimate of drug-likeness (QED) is 0.580. The van der Waals surface area contributed by atoms with E-state index >= 15 is 0 Å². The summed E-state index contributed by atoms with van der Waals surface area (Å²) in [6.45, 7) is 5.06. The van der Waals surface area contributed by atoms with Crippen molar-refractivity contribution < 1.29 is 8.94 Å². The zero-order valence-electron chi connectivity index (χ0n) is 10.4. The molecule has 0 saturated carbocycles. The highest BCUT2D eigenvalue weighted by molar-refractivity contribution is 7.93. The van der Waals surface area contributed by atoms with Gasteiger partial charge in [-0.2, -0.15) is 0 Å². The Morgan fingerprint density at radius 3 is 2.82 bits per heavy atom. The minimum absolute atomic E-state index is 0.0616. The second-order valence-electron chi connectivity index (χ2n) is 4.80. The van der Waals surface area contributed by atoms with Gasteiger partial charge < -0.3 is 9.87 Å². The van der Waals surface area contributed by atoms with E-state index in [0.717, 1.165) is 42.7 Å². The van der Waals surface area contributed by atoms with Crippen LogP contribution in [0.25, 0.3) is 0 Å². The Kier molecular flexibility index (Phi) is 5.95. The Bertz CT molecular complexity index is 344. The van der Waals surface area contributed by atoms with Gasteiger partial charge in [-0.3, -0.25) is 0 Å². The van der Waals surface area contributed by atoms with E-state index in [1.807, 2.05) is 6.07 Å². The van der Waals surface area contributed by atoms with Crippen molar-refractivity contribution >= 4 is 12.0 Å². The van der Waals surface area contributed by atoms with E-state index in [1.54, 1.807) is 12.1 Å². The zero-order chi connectivity index (χ0) is 12.7. The molecule has 0 amide bonds. The zero-order valence-corrected chi connectivity index (χ0v) is 11.2. The highest BCUT2D eigenvalue weighted by Gasteiger charge is 2.17. The van der Waals surface area contributed by atoms with Crippen LogP contribution in [0.3, 0.4) is 0 Å². The molecule has 2 nitrogen and oxygen atoms in total. The molecule has 4 heteroatoms. The highest BCUT2D eigenvalue weighted by atomic mass is 32.2. The molecule has 0 bridgehead atoms. The van der Waals surface area contributed by atoms with Crippen LogP contribution >= 0.6 is 12.0 Å². The molecule has 0 spiro atoms. The second-order valence-corrected chi connectivity index (χ2v) is 5.47. The van der Waals surface area contributed by atoms with Crippen LogP contribution in [0.1, 0.15) is 25.8 Å².